The van der Waals surface area contributed by atoms with Crippen LogP contribution >= 0.6 is 0 Å². The van der Waals surface area contributed by atoms with E-state index in [1.54, 1.807) is 0 Å². The number of hydrogen-bond acceptors (Lipinski definition) is 1. The molecule has 1 aromatic carbocycles. The molecule has 0 aliphatic rings. The van der Waals surface area contributed by atoms with Gasteiger partial charge in [-0.05, 0) is 24.1 Å². The summed E-state index contributed by atoms with van der Waals surface area (Å²) in [6.45, 7) is 6.49. The van der Waals surface area contributed by atoms with Crippen LogP contribution < -0.4 is 5.32 Å². The Morgan fingerprint density at radius 3 is 2.75 bits per heavy atom. The zero-order valence-corrected chi connectivity index (χ0v) is 10.3. The molecule has 0 unspecified atom stereocenters. The first-order chi connectivity index (χ1) is 7.68. The lowest BCUT2D eigenvalue weighted by Gasteiger charge is -2.06. The zero-order chi connectivity index (χ0) is 11.5. The van der Waals surface area contributed by atoms with Crippen LogP contribution in [0.2, 0.25) is 0 Å². The van der Waals surface area contributed by atoms with E-state index < -0.39 is 0 Å². The molecule has 1 heterocycles. The van der Waals surface area contributed by atoms with E-state index in [2.05, 4.69) is 61.2 Å². The van der Waals surface area contributed by atoms with Crippen LogP contribution in [0.4, 0.5) is 0 Å². The maximum atomic E-state index is 3.49. The van der Waals surface area contributed by atoms with Gasteiger partial charge in [0.25, 0.3) is 0 Å². The molecule has 86 valence electrons. The summed E-state index contributed by atoms with van der Waals surface area (Å²) in [5.74, 6) is 0.704. The molecule has 0 aliphatic carbocycles. The fraction of sp³-hybridized carbons (Fsp3) is 0.429. The van der Waals surface area contributed by atoms with E-state index in [4.69, 9.17) is 0 Å². The van der Waals surface area contributed by atoms with Crippen molar-refractivity contribution in [3.8, 4) is 0 Å². The zero-order valence-electron chi connectivity index (χ0n) is 10.3. The number of para-hydroxylation sites is 1. The van der Waals surface area contributed by atoms with E-state index in [1.807, 2.05) is 0 Å². The summed E-state index contributed by atoms with van der Waals surface area (Å²) in [5, 5.41) is 4.86. The summed E-state index contributed by atoms with van der Waals surface area (Å²) in [6.07, 6.45) is 2.22. The average Bonchev–Trinajstić information content (AvgIpc) is 2.57. The maximum Gasteiger partial charge on any atom is 0.0481 e. The first-order valence-corrected chi connectivity index (χ1v) is 5.92. The van der Waals surface area contributed by atoms with Crippen LogP contribution in [0.1, 0.15) is 19.4 Å². The molecule has 2 rings (SSSR count). The van der Waals surface area contributed by atoms with Crippen LogP contribution in [0.5, 0.6) is 0 Å². The quantitative estimate of drug-likeness (QED) is 0.831. The second kappa shape index (κ2) is 4.71. The molecule has 0 atom stereocenters. The highest BCUT2D eigenvalue weighted by atomic mass is 14.9. The highest BCUT2D eigenvalue weighted by Gasteiger charge is 2.05. The number of aromatic nitrogens is 1. The fourth-order valence-electron chi connectivity index (χ4n) is 2.06. The highest BCUT2D eigenvalue weighted by Crippen LogP contribution is 2.19. The number of nitrogens with zero attached hydrogens (tertiary/aromatic N) is 1. The molecule has 0 saturated heterocycles. The Morgan fingerprint density at radius 2 is 2.00 bits per heavy atom. The first-order valence-electron chi connectivity index (χ1n) is 5.92. The fourth-order valence-corrected chi connectivity index (χ4v) is 2.06. The normalized spacial score (nSPS) is 11.5. The number of fused-ring (bicyclic) bond motifs is 1. The summed E-state index contributed by atoms with van der Waals surface area (Å²) >= 11 is 0. The monoisotopic (exact) mass is 216 g/mol. The van der Waals surface area contributed by atoms with Crippen molar-refractivity contribution in [3.05, 3.63) is 36.0 Å². The van der Waals surface area contributed by atoms with Gasteiger partial charge in [0.1, 0.15) is 0 Å². The highest BCUT2D eigenvalue weighted by molar-refractivity contribution is 5.83. The van der Waals surface area contributed by atoms with Crippen molar-refractivity contribution in [1.82, 2.24) is 9.88 Å². The van der Waals surface area contributed by atoms with Crippen LogP contribution in [-0.2, 0) is 13.6 Å². The lowest BCUT2D eigenvalue weighted by molar-refractivity contribution is 0.553. The molecule has 1 N–H and O–H groups in total. The van der Waals surface area contributed by atoms with Gasteiger partial charge in [0.2, 0.25) is 0 Å². The first kappa shape index (κ1) is 11.2. The van der Waals surface area contributed by atoms with Gasteiger partial charge in [0, 0.05) is 30.7 Å². The van der Waals surface area contributed by atoms with E-state index in [0.717, 1.165) is 13.1 Å². The predicted octanol–water partition coefficient (Wildman–Crippen LogP) is 2.92. The van der Waals surface area contributed by atoms with Crippen LogP contribution in [-0.4, -0.2) is 11.1 Å². The molecule has 16 heavy (non-hydrogen) atoms. The number of rotatable bonds is 4. The molecular formula is C14H20N2. The molecule has 0 fully saturated rings. The molecule has 0 spiro atoms. The van der Waals surface area contributed by atoms with Crippen LogP contribution in [0.15, 0.2) is 30.5 Å². The summed E-state index contributed by atoms with van der Waals surface area (Å²) in [6, 6.07) is 8.56. The lowest BCUT2D eigenvalue weighted by Crippen LogP contribution is -2.18. The lowest BCUT2D eigenvalue weighted by atomic mass is 10.1. The Kier molecular flexibility index (Phi) is 3.30. The smallest absolute Gasteiger partial charge is 0.0481 e. The largest absolute Gasteiger partial charge is 0.350 e. The second-order valence-corrected chi connectivity index (χ2v) is 4.81. The van der Waals surface area contributed by atoms with Crippen molar-refractivity contribution in [2.75, 3.05) is 6.54 Å². The van der Waals surface area contributed by atoms with E-state index in [-0.39, 0.29) is 0 Å². The molecular weight excluding hydrogens is 196 g/mol. The Hall–Kier alpha value is -1.28. The van der Waals surface area contributed by atoms with Crippen molar-refractivity contribution in [2.45, 2.75) is 20.4 Å². The van der Waals surface area contributed by atoms with E-state index >= 15 is 0 Å². The minimum absolute atomic E-state index is 0.704. The number of aryl methyl sites for hydroxylation is 1. The Labute approximate surface area is 97.3 Å². The van der Waals surface area contributed by atoms with Crippen molar-refractivity contribution in [1.29, 1.82) is 0 Å². The molecule has 0 aliphatic heterocycles. The Morgan fingerprint density at radius 1 is 1.25 bits per heavy atom. The topological polar surface area (TPSA) is 17.0 Å². The third-order valence-electron chi connectivity index (χ3n) is 2.85. The molecule has 0 radical (unpaired) electrons. The predicted molar refractivity (Wildman–Crippen MR) is 69.5 cm³/mol. The Balaban J connectivity index is 2.18. The number of benzene rings is 1. The molecule has 0 saturated carbocycles. The van der Waals surface area contributed by atoms with Crippen LogP contribution in [0, 0.1) is 5.92 Å². The van der Waals surface area contributed by atoms with Gasteiger partial charge >= 0.3 is 0 Å². The molecule has 0 amide bonds. The molecule has 1 aromatic heterocycles. The van der Waals surface area contributed by atoms with Crippen molar-refractivity contribution >= 4 is 10.9 Å². The van der Waals surface area contributed by atoms with Gasteiger partial charge in [-0.1, -0.05) is 32.0 Å². The van der Waals surface area contributed by atoms with Crippen molar-refractivity contribution in [3.63, 3.8) is 0 Å². The van der Waals surface area contributed by atoms with Gasteiger partial charge in [-0.2, -0.15) is 0 Å². The van der Waals surface area contributed by atoms with E-state index in [0.29, 0.717) is 5.92 Å². The summed E-state index contributed by atoms with van der Waals surface area (Å²) < 4.78 is 2.20. The SMILES string of the molecule is CC(C)CNCc1cn(C)c2ccccc12. The third kappa shape index (κ3) is 2.27. The number of hydrogen-bond donors (Lipinski definition) is 1. The van der Waals surface area contributed by atoms with Crippen molar-refractivity contribution < 1.29 is 0 Å². The maximum absolute atomic E-state index is 3.49. The minimum Gasteiger partial charge on any atom is -0.350 e. The van der Waals surface area contributed by atoms with Gasteiger partial charge in [0.15, 0.2) is 0 Å². The van der Waals surface area contributed by atoms with Crippen molar-refractivity contribution in [2.24, 2.45) is 13.0 Å². The van der Waals surface area contributed by atoms with Gasteiger partial charge < -0.3 is 9.88 Å². The molecule has 2 heteroatoms. The van der Waals surface area contributed by atoms with E-state index in [1.165, 1.54) is 16.5 Å². The van der Waals surface area contributed by atoms with Gasteiger partial charge in [-0.15, -0.1) is 0 Å². The van der Waals surface area contributed by atoms with E-state index in [9.17, 15) is 0 Å². The van der Waals surface area contributed by atoms with Gasteiger partial charge in [0.05, 0.1) is 0 Å². The summed E-state index contributed by atoms with van der Waals surface area (Å²) in [7, 11) is 2.11. The van der Waals surface area contributed by atoms with Gasteiger partial charge in [-0.25, -0.2) is 0 Å². The third-order valence-corrected chi connectivity index (χ3v) is 2.85. The molecule has 2 aromatic rings. The number of nitrogens with one attached hydrogen (secondary N) is 1. The summed E-state index contributed by atoms with van der Waals surface area (Å²) in [4.78, 5) is 0. The van der Waals surface area contributed by atoms with Gasteiger partial charge in [-0.3, -0.25) is 0 Å². The minimum atomic E-state index is 0.704. The Bertz CT molecular complexity index is 469. The van der Waals surface area contributed by atoms with Crippen LogP contribution in [0.25, 0.3) is 10.9 Å². The standard InChI is InChI=1S/C14H20N2/c1-11(2)8-15-9-12-10-16(3)14-7-5-4-6-13(12)14/h4-7,10-11,15H,8-9H2,1-3H3. The molecule has 2 nitrogen and oxygen atoms in total. The summed E-state index contributed by atoms with van der Waals surface area (Å²) in [5.41, 5.74) is 2.70. The second-order valence-electron chi connectivity index (χ2n) is 4.81. The average molecular weight is 216 g/mol. The van der Waals surface area contributed by atoms with Crippen LogP contribution in [0.3, 0.4) is 0 Å². The molecule has 0 bridgehead atoms.